The number of hydrogen-bond donors (Lipinski definition) is 7. The summed E-state index contributed by atoms with van der Waals surface area (Å²) in [4.78, 5) is 29.8. The lowest BCUT2D eigenvalue weighted by molar-refractivity contribution is -0.154. The smallest absolute Gasteiger partial charge is 0.451 e. The number of nitrogens with two attached hydrogens (primary N) is 4. The summed E-state index contributed by atoms with van der Waals surface area (Å²) in [5.74, 6) is -1.91. The van der Waals surface area contributed by atoms with Crippen LogP contribution in [0.15, 0.2) is 4.99 Å². The van der Waals surface area contributed by atoms with Crippen molar-refractivity contribution in [2.45, 2.75) is 56.5 Å². The summed E-state index contributed by atoms with van der Waals surface area (Å²) in [5.41, 5.74) is 21.0. The lowest BCUT2D eigenvalue weighted by atomic mass is 9.72. The molecule has 0 saturated carbocycles. The number of carbonyl (C=O) groups is 2. The van der Waals surface area contributed by atoms with Crippen LogP contribution in [0.2, 0.25) is 6.32 Å². The topological polar surface area (TPSA) is 215 Å². The summed E-state index contributed by atoms with van der Waals surface area (Å²) in [5, 5.41) is 27.7. The number of carboxylic acids is 1. The van der Waals surface area contributed by atoms with Crippen molar-refractivity contribution in [2.24, 2.45) is 33.8 Å². The first kappa shape index (κ1) is 23.2. The molecule has 11 N–H and O–H groups in total. The third-order valence-corrected chi connectivity index (χ3v) is 5.09. The molecule has 0 spiro atoms. The maximum Gasteiger partial charge on any atom is 0.451 e. The average Bonchev–Trinajstić information content (AvgIpc) is 2.58. The minimum absolute atomic E-state index is 0.0390. The number of piperidine rings is 1. The van der Waals surface area contributed by atoms with Gasteiger partial charge in [-0.3, -0.25) is 14.6 Å². The van der Waals surface area contributed by atoms with E-state index in [1.807, 2.05) is 0 Å². The highest BCUT2D eigenvalue weighted by Gasteiger charge is 2.50. The molecular formula is C15H31BN6O5. The van der Waals surface area contributed by atoms with Gasteiger partial charge in [0.1, 0.15) is 5.54 Å². The molecule has 1 amide bonds. The number of carbonyl (C=O) groups excluding carboxylic acids is 1. The van der Waals surface area contributed by atoms with Gasteiger partial charge in [0.25, 0.3) is 0 Å². The zero-order valence-corrected chi connectivity index (χ0v) is 15.6. The molecule has 1 rings (SSSR count). The highest BCUT2D eigenvalue weighted by molar-refractivity contribution is 6.40. The molecule has 1 heterocycles. The quantitative estimate of drug-likeness (QED) is 0.0944. The van der Waals surface area contributed by atoms with Crippen molar-refractivity contribution in [2.75, 3.05) is 13.1 Å². The van der Waals surface area contributed by atoms with E-state index in [0.29, 0.717) is 25.8 Å². The van der Waals surface area contributed by atoms with Crippen LogP contribution in [-0.2, 0) is 9.59 Å². The van der Waals surface area contributed by atoms with E-state index in [9.17, 15) is 14.7 Å². The molecule has 0 unspecified atom stereocenters. The number of rotatable bonds is 9. The molecule has 0 aromatic carbocycles. The predicted molar refractivity (Wildman–Crippen MR) is 101 cm³/mol. The molecule has 1 saturated heterocycles. The van der Waals surface area contributed by atoms with E-state index in [0.717, 1.165) is 0 Å². The molecule has 1 aliphatic heterocycles. The van der Waals surface area contributed by atoms with Crippen molar-refractivity contribution in [3.63, 3.8) is 0 Å². The Labute approximate surface area is 158 Å². The number of hydrogen-bond acceptors (Lipinski definition) is 7. The van der Waals surface area contributed by atoms with E-state index in [1.54, 1.807) is 6.92 Å². The van der Waals surface area contributed by atoms with E-state index < -0.39 is 36.6 Å². The van der Waals surface area contributed by atoms with Gasteiger partial charge in [0.15, 0.2) is 5.96 Å². The summed E-state index contributed by atoms with van der Waals surface area (Å²) in [6, 6.07) is -1.58. The fourth-order valence-corrected chi connectivity index (χ4v) is 3.41. The van der Waals surface area contributed by atoms with Crippen molar-refractivity contribution in [1.82, 2.24) is 4.90 Å². The lowest BCUT2D eigenvalue weighted by Crippen LogP contribution is -2.69. The number of amides is 1. The first-order chi connectivity index (χ1) is 12.5. The lowest BCUT2D eigenvalue weighted by Gasteiger charge is -2.48. The summed E-state index contributed by atoms with van der Waals surface area (Å²) in [7, 11) is -1.50. The van der Waals surface area contributed by atoms with Crippen LogP contribution in [0.25, 0.3) is 0 Å². The highest BCUT2D eigenvalue weighted by Crippen LogP contribution is 2.33. The summed E-state index contributed by atoms with van der Waals surface area (Å²) in [6.07, 6.45) is 1.38. The zero-order valence-electron chi connectivity index (χ0n) is 15.6. The number of carboxylic acid groups (broad SMARTS) is 1. The van der Waals surface area contributed by atoms with E-state index >= 15 is 0 Å². The zero-order chi connectivity index (χ0) is 20.8. The standard InChI is InChI=1S/C15H31BN6O5/c1-9-15(20,13(24)25)7-10(4-5-16(26)27)8-22(9)12(23)11(17)3-2-6-21-14(18)19/h9-11,26-27H,2-8,17,20H2,1H3,(H,24,25)(H4,18,19,21)/t9-,10-,11-,15+/m0/s1. The fourth-order valence-electron chi connectivity index (χ4n) is 3.41. The Hall–Kier alpha value is -1.89. The van der Waals surface area contributed by atoms with E-state index in [-0.39, 0.29) is 31.2 Å². The Bertz CT molecular complexity index is 559. The maximum atomic E-state index is 12.8. The third-order valence-electron chi connectivity index (χ3n) is 5.09. The second-order valence-corrected chi connectivity index (χ2v) is 7.20. The van der Waals surface area contributed by atoms with Gasteiger partial charge in [0.2, 0.25) is 5.91 Å². The monoisotopic (exact) mass is 386 g/mol. The molecule has 0 bridgehead atoms. The molecule has 0 radical (unpaired) electrons. The molecule has 0 aliphatic carbocycles. The Morgan fingerprint density at radius 1 is 1.37 bits per heavy atom. The molecule has 4 atom stereocenters. The van der Waals surface area contributed by atoms with Gasteiger partial charge in [0, 0.05) is 13.1 Å². The van der Waals surface area contributed by atoms with E-state index in [2.05, 4.69) is 4.99 Å². The Kier molecular flexibility index (Phi) is 8.47. The maximum absolute atomic E-state index is 12.8. The molecule has 12 heteroatoms. The van der Waals surface area contributed by atoms with Crippen LogP contribution in [-0.4, -0.2) is 75.7 Å². The van der Waals surface area contributed by atoms with Gasteiger partial charge in [-0.2, -0.15) is 0 Å². The number of nitrogens with zero attached hydrogens (tertiary/aromatic N) is 2. The van der Waals surface area contributed by atoms with Crippen LogP contribution < -0.4 is 22.9 Å². The van der Waals surface area contributed by atoms with Crippen LogP contribution in [0.1, 0.15) is 32.6 Å². The van der Waals surface area contributed by atoms with Gasteiger partial charge < -0.3 is 43.0 Å². The highest BCUT2D eigenvalue weighted by atomic mass is 16.4. The van der Waals surface area contributed by atoms with Crippen molar-refractivity contribution in [1.29, 1.82) is 0 Å². The van der Waals surface area contributed by atoms with Gasteiger partial charge in [-0.05, 0) is 38.4 Å². The summed E-state index contributed by atoms with van der Waals surface area (Å²) < 4.78 is 0. The van der Waals surface area contributed by atoms with Crippen LogP contribution in [0.4, 0.5) is 0 Å². The van der Waals surface area contributed by atoms with Crippen LogP contribution in [0.3, 0.4) is 0 Å². The van der Waals surface area contributed by atoms with Gasteiger partial charge >= 0.3 is 13.1 Å². The summed E-state index contributed by atoms with van der Waals surface area (Å²) >= 11 is 0. The van der Waals surface area contributed by atoms with Crippen molar-refractivity contribution in [3.8, 4) is 0 Å². The molecule has 1 fully saturated rings. The predicted octanol–water partition coefficient (Wildman–Crippen LogP) is -2.75. The first-order valence-electron chi connectivity index (χ1n) is 8.98. The number of aliphatic imine (C=N–C) groups is 1. The van der Waals surface area contributed by atoms with Crippen molar-refractivity contribution < 1.29 is 24.7 Å². The molecule has 0 aromatic heterocycles. The number of guanidine groups is 1. The minimum Gasteiger partial charge on any atom is -0.480 e. The van der Waals surface area contributed by atoms with Gasteiger partial charge in [0.05, 0.1) is 12.1 Å². The average molecular weight is 386 g/mol. The van der Waals surface area contributed by atoms with Gasteiger partial charge in [-0.15, -0.1) is 0 Å². The number of likely N-dealkylation sites (tertiary alicyclic amines) is 1. The molecule has 1 aliphatic rings. The van der Waals surface area contributed by atoms with Gasteiger partial charge in [-0.1, -0.05) is 6.42 Å². The normalized spacial score (nSPS) is 26.3. The van der Waals surface area contributed by atoms with Crippen molar-refractivity contribution >= 4 is 25.0 Å². The first-order valence-corrected chi connectivity index (χ1v) is 8.98. The molecule has 0 aromatic rings. The minimum atomic E-state index is -1.63. The molecule has 11 nitrogen and oxygen atoms in total. The molecular weight excluding hydrogens is 355 g/mol. The second kappa shape index (κ2) is 9.88. The van der Waals surface area contributed by atoms with Crippen LogP contribution >= 0.6 is 0 Å². The SMILES string of the molecule is C[C@@H]1N(C(=O)[C@@H](N)CCCN=C(N)N)C[C@@H](CCB(O)O)C[C@]1(N)C(=O)O. The number of aliphatic carboxylic acids is 1. The fraction of sp³-hybridized carbons (Fsp3) is 0.800. The van der Waals surface area contributed by atoms with Crippen molar-refractivity contribution in [3.05, 3.63) is 0 Å². The molecule has 154 valence electrons. The van der Waals surface area contributed by atoms with Crippen LogP contribution in [0.5, 0.6) is 0 Å². The largest absolute Gasteiger partial charge is 0.480 e. The third kappa shape index (κ3) is 6.34. The Morgan fingerprint density at radius 2 is 2.00 bits per heavy atom. The second-order valence-electron chi connectivity index (χ2n) is 7.20. The van der Waals surface area contributed by atoms with E-state index in [1.165, 1.54) is 4.90 Å². The Morgan fingerprint density at radius 3 is 2.52 bits per heavy atom. The van der Waals surface area contributed by atoms with Crippen LogP contribution in [0, 0.1) is 5.92 Å². The summed E-state index contributed by atoms with van der Waals surface area (Å²) in [6.45, 7) is 2.20. The van der Waals surface area contributed by atoms with E-state index in [4.69, 9.17) is 33.0 Å². The van der Waals surface area contributed by atoms with Gasteiger partial charge in [-0.25, -0.2) is 0 Å². The Balaban J connectivity index is 2.85. The molecule has 27 heavy (non-hydrogen) atoms.